The largest absolute Gasteiger partial charge is 0.299 e. The summed E-state index contributed by atoms with van der Waals surface area (Å²) < 4.78 is 0. The highest BCUT2D eigenvalue weighted by atomic mass is 32.1. The van der Waals surface area contributed by atoms with Gasteiger partial charge in [0.1, 0.15) is 5.78 Å². The van der Waals surface area contributed by atoms with Crippen LogP contribution in [0.4, 0.5) is 0 Å². The van der Waals surface area contributed by atoms with Gasteiger partial charge in [-0.25, -0.2) is 0 Å². The fraction of sp³-hybridized carbons (Fsp3) is 0.412. The van der Waals surface area contributed by atoms with Gasteiger partial charge in [0.2, 0.25) is 0 Å². The quantitative estimate of drug-likeness (QED) is 0.733. The summed E-state index contributed by atoms with van der Waals surface area (Å²) in [5, 5.41) is 3.96. The zero-order valence-electron chi connectivity index (χ0n) is 11.8. The van der Waals surface area contributed by atoms with Gasteiger partial charge in [-0.2, -0.15) is 0 Å². The highest BCUT2D eigenvalue weighted by molar-refractivity contribution is 7.12. The maximum absolute atomic E-state index is 12.5. The first-order valence-corrected chi connectivity index (χ1v) is 9.14. The van der Waals surface area contributed by atoms with Gasteiger partial charge in [0.25, 0.3) is 0 Å². The molecule has 1 saturated carbocycles. The lowest BCUT2D eigenvalue weighted by atomic mass is 9.76. The van der Waals surface area contributed by atoms with Gasteiger partial charge >= 0.3 is 0 Å². The molecule has 1 fully saturated rings. The molecule has 0 aromatic carbocycles. The van der Waals surface area contributed by atoms with Crippen LogP contribution in [-0.4, -0.2) is 11.6 Å². The van der Waals surface area contributed by atoms with Crippen LogP contribution in [0.15, 0.2) is 35.0 Å². The van der Waals surface area contributed by atoms with E-state index in [0.717, 1.165) is 24.1 Å². The van der Waals surface area contributed by atoms with Crippen molar-refractivity contribution in [3.63, 3.8) is 0 Å². The van der Waals surface area contributed by atoms with Gasteiger partial charge < -0.3 is 0 Å². The highest BCUT2D eigenvalue weighted by Gasteiger charge is 2.33. The minimum Gasteiger partial charge on any atom is -0.299 e. The fourth-order valence-electron chi connectivity index (χ4n) is 3.12. The molecule has 0 N–H and O–H groups in total. The summed E-state index contributed by atoms with van der Waals surface area (Å²) in [5.41, 5.74) is 0. The second-order valence-electron chi connectivity index (χ2n) is 5.55. The molecule has 3 rings (SSSR count). The van der Waals surface area contributed by atoms with Gasteiger partial charge in [0, 0.05) is 29.6 Å². The molecule has 0 spiro atoms. The van der Waals surface area contributed by atoms with Crippen molar-refractivity contribution in [3.05, 3.63) is 44.8 Å². The Kier molecular flexibility index (Phi) is 4.66. The third-order valence-electron chi connectivity index (χ3n) is 4.20. The van der Waals surface area contributed by atoms with Crippen molar-refractivity contribution in [2.24, 2.45) is 5.92 Å². The number of carbonyl (C=O) groups excluding carboxylic acids is 2. The van der Waals surface area contributed by atoms with E-state index in [4.69, 9.17) is 0 Å². The van der Waals surface area contributed by atoms with Crippen molar-refractivity contribution < 1.29 is 9.59 Å². The van der Waals surface area contributed by atoms with Crippen LogP contribution in [0, 0.1) is 5.92 Å². The lowest BCUT2D eigenvalue weighted by Gasteiger charge is -2.28. The molecule has 2 heterocycles. The SMILES string of the molecule is O=C(C[C@@H](c1cccs1)[C@@H]1CCCCC1=O)c1cccs1. The van der Waals surface area contributed by atoms with Crippen LogP contribution in [0.5, 0.6) is 0 Å². The molecule has 2 aromatic rings. The van der Waals surface area contributed by atoms with E-state index in [2.05, 4.69) is 6.07 Å². The molecule has 0 unspecified atom stereocenters. The van der Waals surface area contributed by atoms with E-state index in [-0.39, 0.29) is 17.6 Å². The number of thiophene rings is 2. The van der Waals surface area contributed by atoms with E-state index in [9.17, 15) is 9.59 Å². The molecule has 4 heteroatoms. The van der Waals surface area contributed by atoms with Gasteiger partial charge in [-0.05, 0) is 35.7 Å². The summed E-state index contributed by atoms with van der Waals surface area (Å²) in [4.78, 5) is 26.7. The van der Waals surface area contributed by atoms with Gasteiger partial charge in [-0.15, -0.1) is 22.7 Å². The Morgan fingerprint density at radius 3 is 2.67 bits per heavy atom. The number of rotatable bonds is 5. The highest BCUT2D eigenvalue weighted by Crippen LogP contribution is 2.39. The van der Waals surface area contributed by atoms with Crippen molar-refractivity contribution in [2.75, 3.05) is 0 Å². The summed E-state index contributed by atoms with van der Waals surface area (Å²) in [7, 11) is 0. The van der Waals surface area contributed by atoms with E-state index in [0.29, 0.717) is 18.6 Å². The van der Waals surface area contributed by atoms with Crippen molar-refractivity contribution >= 4 is 34.2 Å². The Hall–Kier alpha value is -1.26. The Labute approximate surface area is 132 Å². The molecule has 2 atom stereocenters. The predicted octanol–water partition coefficient (Wildman–Crippen LogP) is 4.93. The summed E-state index contributed by atoms with van der Waals surface area (Å²) >= 11 is 3.15. The number of hydrogen-bond donors (Lipinski definition) is 0. The number of hydrogen-bond acceptors (Lipinski definition) is 4. The zero-order valence-corrected chi connectivity index (χ0v) is 13.4. The molecule has 1 aliphatic rings. The maximum Gasteiger partial charge on any atom is 0.173 e. The minimum absolute atomic E-state index is 0.0290. The predicted molar refractivity (Wildman–Crippen MR) is 87.3 cm³/mol. The minimum atomic E-state index is 0.0290. The van der Waals surface area contributed by atoms with Crippen LogP contribution in [0.25, 0.3) is 0 Å². The molecule has 0 saturated heterocycles. The lowest BCUT2D eigenvalue weighted by Crippen LogP contribution is -2.26. The fourth-order valence-corrected chi connectivity index (χ4v) is 4.69. The van der Waals surface area contributed by atoms with Gasteiger partial charge in [0.15, 0.2) is 5.78 Å². The van der Waals surface area contributed by atoms with E-state index < -0.39 is 0 Å². The van der Waals surface area contributed by atoms with Crippen LogP contribution < -0.4 is 0 Å². The second kappa shape index (κ2) is 6.67. The van der Waals surface area contributed by atoms with E-state index in [1.54, 1.807) is 11.3 Å². The summed E-state index contributed by atoms with van der Waals surface area (Å²) in [5.74, 6) is 0.606. The average molecular weight is 318 g/mol. The van der Waals surface area contributed by atoms with Crippen molar-refractivity contribution in [3.8, 4) is 0 Å². The standard InChI is InChI=1S/C17H18O2S2/c18-14-6-2-1-5-12(14)13(16-7-3-9-20-16)11-15(19)17-8-4-10-21-17/h3-4,7-10,12-13H,1-2,5-6,11H2/t12-,13+/m0/s1. The third-order valence-corrected chi connectivity index (χ3v) is 6.11. The molecule has 110 valence electrons. The zero-order chi connectivity index (χ0) is 14.7. The lowest BCUT2D eigenvalue weighted by molar-refractivity contribution is -0.125. The van der Waals surface area contributed by atoms with E-state index in [1.807, 2.05) is 29.0 Å². The van der Waals surface area contributed by atoms with Crippen molar-refractivity contribution in [1.29, 1.82) is 0 Å². The molecule has 0 radical (unpaired) electrons. The maximum atomic E-state index is 12.5. The Balaban J connectivity index is 1.83. The van der Waals surface area contributed by atoms with Gasteiger partial charge in [-0.1, -0.05) is 18.6 Å². The topological polar surface area (TPSA) is 34.1 Å². The molecular weight excluding hydrogens is 300 g/mol. The monoisotopic (exact) mass is 318 g/mol. The van der Waals surface area contributed by atoms with Gasteiger partial charge in [0.05, 0.1) is 4.88 Å². The molecule has 2 nitrogen and oxygen atoms in total. The summed E-state index contributed by atoms with van der Waals surface area (Å²) in [6.07, 6.45) is 4.17. The van der Waals surface area contributed by atoms with E-state index >= 15 is 0 Å². The Morgan fingerprint density at radius 2 is 2.00 bits per heavy atom. The Morgan fingerprint density at radius 1 is 1.19 bits per heavy atom. The average Bonchev–Trinajstić information content (AvgIpc) is 3.18. The molecule has 21 heavy (non-hydrogen) atoms. The molecule has 0 amide bonds. The van der Waals surface area contributed by atoms with Crippen LogP contribution in [-0.2, 0) is 4.79 Å². The van der Waals surface area contributed by atoms with Crippen LogP contribution in [0.2, 0.25) is 0 Å². The first kappa shape index (κ1) is 14.7. The molecular formula is C17H18O2S2. The second-order valence-corrected chi connectivity index (χ2v) is 7.47. The number of ketones is 2. The Bertz CT molecular complexity index is 599. The van der Waals surface area contributed by atoms with E-state index in [1.165, 1.54) is 16.2 Å². The molecule has 0 bridgehead atoms. The molecule has 1 aliphatic carbocycles. The molecule has 2 aromatic heterocycles. The van der Waals surface area contributed by atoms with Crippen molar-refractivity contribution in [1.82, 2.24) is 0 Å². The van der Waals surface area contributed by atoms with Crippen LogP contribution in [0.1, 0.15) is 52.6 Å². The molecule has 0 aliphatic heterocycles. The van der Waals surface area contributed by atoms with Crippen molar-refractivity contribution in [2.45, 2.75) is 38.0 Å². The number of Topliss-reactive ketones (excluding diaryl/α,β-unsaturated/α-hetero) is 2. The number of carbonyl (C=O) groups is 2. The first-order valence-electron chi connectivity index (χ1n) is 7.38. The summed E-state index contributed by atoms with van der Waals surface area (Å²) in [6.45, 7) is 0. The third kappa shape index (κ3) is 3.33. The van der Waals surface area contributed by atoms with Gasteiger partial charge in [-0.3, -0.25) is 9.59 Å². The normalized spacial score (nSPS) is 20.4. The van der Waals surface area contributed by atoms with Crippen LogP contribution in [0.3, 0.4) is 0 Å². The first-order chi connectivity index (χ1) is 10.3. The smallest absolute Gasteiger partial charge is 0.173 e. The van der Waals surface area contributed by atoms with Crippen LogP contribution >= 0.6 is 22.7 Å². The summed E-state index contributed by atoms with van der Waals surface area (Å²) in [6, 6.07) is 7.86.